The Balaban J connectivity index is 1.89. The number of hydrogen-bond donors (Lipinski definition) is 1. The van der Waals surface area contributed by atoms with Crippen LogP contribution in [-0.2, 0) is 17.8 Å². The summed E-state index contributed by atoms with van der Waals surface area (Å²) in [5.41, 5.74) is 2.15. The van der Waals surface area contributed by atoms with Gasteiger partial charge in [-0.15, -0.1) is 0 Å². The Morgan fingerprint density at radius 2 is 1.90 bits per heavy atom. The maximum absolute atomic E-state index is 5.73. The number of pyridine rings is 1. The maximum Gasteiger partial charge on any atom is 0.130 e. The van der Waals surface area contributed by atoms with Gasteiger partial charge in [0, 0.05) is 14.2 Å². The lowest BCUT2D eigenvalue weighted by Gasteiger charge is -2.08. The number of methoxy groups -OCH3 is 1. The molecule has 2 rings (SSSR count). The van der Waals surface area contributed by atoms with Gasteiger partial charge in [0.05, 0.1) is 12.3 Å². The number of nitrogens with zero attached hydrogens (tertiary/aromatic N) is 1. The minimum absolute atomic E-state index is 0.465. The molecule has 106 valence electrons. The molecule has 20 heavy (non-hydrogen) atoms. The van der Waals surface area contributed by atoms with Crippen LogP contribution in [0.4, 0.5) is 5.82 Å². The Bertz CT molecular complexity index is 526. The summed E-state index contributed by atoms with van der Waals surface area (Å²) < 4.78 is 10.8. The molecule has 0 radical (unpaired) electrons. The predicted molar refractivity (Wildman–Crippen MR) is 80.1 cm³/mol. The van der Waals surface area contributed by atoms with Gasteiger partial charge in [0.1, 0.15) is 18.2 Å². The van der Waals surface area contributed by atoms with E-state index in [4.69, 9.17) is 9.47 Å². The van der Waals surface area contributed by atoms with Crippen LogP contribution in [0.5, 0.6) is 5.75 Å². The van der Waals surface area contributed by atoms with Crippen molar-refractivity contribution in [2.45, 2.75) is 13.0 Å². The highest BCUT2D eigenvalue weighted by molar-refractivity contribution is 5.34. The molecule has 0 aliphatic carbocycles. The highest BCUT2D eigenvalue weighted by Gasteiger charge is 1.99. The molecule has 0 aliphatic heterocycles. The Morgan fingerprint density at radius 3 is 2.60 bits per heavy atom. The van der Waals surface area contributed by atoms with E-state index in [2.05, 4.69) is 22.4 Å². The predicted octanol–water partition coefficient (Wildman–Crippen LogP) is 2.89. The van der Waals surface area contributed by atoms with Gasteiger partial charge in [-0.2, -0.15) is 0 Å². The highest BCUT2D eigenvalue weighted by Crippen LogP contribution is 2.14. The van der Waals surface area contributed by atoms with Gasteiger partial charge in [-0.25, -0.2) is 4.98 Å². The summed E-state index contributed by atoms with van der Waals surface area (Å²) in [5, 5.41) is 3.01. The molecule has 0 saturated heterocycles. The van der Waals surface area contributed by atoms with Gasteiger partial charge in [0.2, 0.25) is 0 Å². The smallest absolute Gasteiger partial charge is 0.130 e. The molecule has 1 aromatic heterocycles. The van der Waals surface area contributed by atoms with Crippen molar-refractivity contribution in [1.82, 2.24) is 4.98 Å². The third-order valence-electron chi connectivity index (χ3n) is 2.97. The molecular weight excluding hydrogens is 252 g/mol. The van der Waals surface area contributed by atoms with E-state index in [1.165, 1.54) is 5.56 Å². The number of ether oxygens (including phenoxy) is 2. The molecule has 2 aromatic rings. The summed E-state index contributed by atoms with van der Waals surface area (Å²) in [4.78, 5) is 4.41. The van der Waals surface area contributed by atoms with Crippen LogP contribution >= 0.6 is 0 Å². The Labute approximate surface area is 119 Å². The van der Waals surface area contributed by atoms with E-state index in [-0.39, 0.29) is 0 Å². The van der Waals surface area contributed by atoms with E-state index in [0.717, 1.165) is 30.3 Å². The lowest BCUT2D eigenvalue weighted by Crippen LogP contribution is -2.01. The molecule has 1 heterocycles. The minimum atomic E-state index is 0.465. The lowest BCUT2D eigenvalue weighted by molar-refractivity contribution is 0.202. The fourth-order valence-corrected chi connectivity index (χ4v) is 1.83. The molecular formula is C16H20N2O2. The largest absolute Gasteiger partial charge is 0.487 e. The number of anilines is 1. The molecule has 0 fully saturated rings. The van der Waals surface area contributed by atoms with Crippen LogP contribution < -0.4 is 10.1 Å². The number of nitrogens with one attached hydrogen (secondary N) is 1. The van der Waals surface area contributed by atoms with Crippen LogP contribution in [0, 0.1) is 0 Å². The van der Waals surface area contributed by atoms with Crippen LogP contribution in [0.15, 0.2) is 42.5 Å². The van der Waals surface area contributed by atoms with Gasteiger partial charge in [-0.1, -0.05) is 18.2 Å². The molecule has 0 atom stereocenters. The Kier molecular flexibility index (Phi) is 5.38. The highest BCUT2D eigenvalue weighted by atomic mass is 16.5. The molecule has 0 amide bonds. The summed E-state index contributed by atoms with van der Waals surface area (Å²) in [5.74, 6) is 1.70. The third-order valence-corrected chi connectivity index (χ3v) is 2.97. The fourth-order valence-electron chi connectivity index (χ4n) is 1.83. The summed E-state index contributed by atoms with van der Waals surface area (Å²) >= 11 is 0. The topological polar surface area (TPSA) is 43.4 Å². The first-order chi connectivity index (χ1) is 9.81. The molecule has 0 bridgehead atoms. The van der Waals surface area contributed by atoms with E-state index < -0.39 is 0 Å². The normalized spacial score (nSPS) is 10.3. The lowest BCUT2D eigenvalue weighted by atomic mass is 10.1. The van der Waals surface area contributed by atoms with Crippen LogP contribution in [0.2, 0.25) is 0 Å². The molecule has 4 heteroatoms. The minimum Gasteiger partial charge on any atom is -0.487 e. The third kappa shape index (κ3) is 4.24. The van der Waals surface area contributed by atoms with E-state index in [1.807, 2.05) is 37.4 Å². The Morgan fingerprint density at radius 1 is 1.10 bits per heavy atom. The van der Waals surface area contributed by atoms with Gasteiger partial charge >= 0.3 is 0 Å². The Hall–Kier alpha value is -2.07. The van der Waals surface area contributed by atoms with Crippen LogP contribution in [0.25, 0.3) is 0 Å². The van der Waals surface area contributed by atoms with Crippen molar-refractivity contribution in [1.29, 1.82) is 0 Å². The van der Waals surface area contributed by atoms with Crippen molar-refractivity contribution in [2.24, 2.45) is 0 Å². The second-order valence-electron chi connectivity index (χ2n) is 4.44. The van der Waals surface area contributed by atoms with E-state index in [9.17, 15) is 0 Å². The number of rotatable bonds is 7. The van der Waals surface area contributed by atoms with Gasteiger partial charge in [0.15, 0.2) is 0 Å². The number of hydrogen-bond acceptors (Lipinski definition) is 4. The number of benzene rings is 1. The van der Waals surface area contributed by atoms with Crippen molar-refractivity contribution in [2.75, 3.05) is 26.1 Å². The first-order valence-electron chi connectivity index (χ1n) is 6.66. The van der Waals surface area contributed by atoms with Gasteiger partial charge in [-0.05, 0) is 36.2 Å². The van der Waals surface area contributed by atoms with E-state index in [0.29, 0.717) is 6.61 Å². The second kappa shape index (κ2) is 7.50. The van der Waals surface area contributed by atoms with Crippen molar-refractivity contribution >= 4 is 5.82 Å². The summed E-state index contributed by atoms with van der Waals surface area (Å²) in [7, 11) is 3.56. The first-order valence-corrected chi connectivity index (χ1v) is 6.66. The zero-order valence-electron chi connectivity index (χ0n) is 11.9. The quantitative estimate of drug-likeness (QED) is 0.841. The van der Waals surface area contributed by atoms with Crippen LogP contribution in [-0.4, -0.2) is 25.7 Å². The van der Waals surface area contributed by atoms with Crippen molar-refractivity contribution in [3.05, 3.63) is 53.7 Å². The molecule has 4 nitrogen and oxygen atoms in total. The van der Waals surface area contributed by atoms with Crippen LogP contribution in [0.1, 0.15) is 11.3 Å². The summed E-state index contributed by atoms with van der Waals surface area (Å²) in [6, 6.07) is 13.9. The molecule has 0 spiro atoms. The van der Waals surface area contributed by atoms with Crippen molar-refractivity contribution < 1.29 is 9.47 Å². The van der Waals surface area contributed by atoms with Crippen molar-refractivity contribution in [3.63, 3.8) is 0 Å². The molecule has 1 N–H and O–H groups in total. The van der Waals surface area contributed by atoms with Gasteiger partial charge in [0.25, 0.3) is 0 Å². The zero-order valence-corrected chi connectivity index (χ0v) is 11.9. The second-order valence-corrected chi connectivity index (χ2v) is 4.44. The monoisotopic (exact) mass is 272 g/mol. The molecule has 0 saturated carbocycles. The molecule has 0 aliphatic rings. The van der Waals surface area contributed by atoms with Gasteiger partial charge in [-0.3, -0.25) is 0 Å². The first kappa shape index (κ1) is 14.3. The molecule has 1 aromatic carbocycles. The fraction of sp³-hybridized carbons (Fsp3) is 0.312. The van der Waals surface area contributed by atoms with Crippen LogP contribution in [0.3, 0.4) is 0 Å². The standard InChI is InChI=1S/C16H20N2O2/c1-17-16-5-3-4-14(18-16)12-20-15-8-6-13(7-9-15)10-11-19-2/h3-9H,10-12H2,1-2H3,(H,17,18). The number of aromatic nitrogens is 1. The van der Waals surface area contributed by atoms with E-state index >= 15 is 0 Å². The summed E-state index contributed by atoms with van der Waals surface area (Å²) in [6.45, 7) is 1.20. The average Bonchev–Trinajstić information content (AvgIpc) is 2.52. The average molecular weight is 272 g/mol. The SMILES string of the molecule is CNc1cccc(COc2ccc(CCOC)cc2)n1. The maximum atomic E-state index is 5.73. The molecule has 0 unspecified atom stereocenters. The summed E-state index contributed by atoms with van der Waals surface area (Å²) in [6.07, 6.45) is 0.919. The van der Waals surface area contributed by atoms with Crippen molar-refractivity contribution in [3.8, 4) is 5.75 Å². The van der Waals surface area contributed by atoms with Gasteiger partial charge < -0.3 is 14.8 Å². The van der Waals surface area contributed by atoms with E-state index in [1.54, 1.807) is 7.11 Å². The zero-order chi connectivity index (χ0) is 14.2.